The summed E-state index contributed by atoms with van der Waals surface area (Å²) in [6.07, 6.45) is 1.89. The van der Waals surface area contributed by atoms with Gasteiger partial charge < -0.3 is 5.32 Å². The van der Waals surface area contributed by atoms with Gasteiger partial charge in [-0.2, -0.15) is 5.10 Å². The minimum Gasteiger partial charge on any atom is -0.306 e. The number of pyridine rings is 2. The zero-order chi connectivity index (χ0) is 16.8. The van der Waals surface area contributed by atoms with Crippen molar-refractivity contribution in [2.75, 3.05) is 5.32 Å². The number of rotatable bonds is 2. The second kappa shape index (κ2) is 5.54. The predicted octanol–water partition coefficient (Wildman–Crippen LogP) is 3.79. The Morgan fingerprint density at radius 3 is 2.92 bits per heavy atom. The lowest BCUT2D eigenvalue weighted by atomic mass is 10.2. The van der Waals surface area contributed by atoms with E-state index in [9.17, 15) is 4.79 Å². The molecule has 24 heavy (non-hydrogen) atoms. The third kappa shape index (κ3) is 2.61. The maximum atomic E-state index is 12.5. The lowest BCUT2D eigenvalue weighted by molar-refractivity contribution is 0.103. The summed E-state index contributed by atoms with van der Waals surface area (Å²) in [5.41, 5.74) is 1.60. The van der Waals surface area contributed by atoms with E-state index >= 15 is 0 Å². The summed E-state index contributed by atoms with van der Waals surface area (Å²) < 4.78 is 1.73. The second-order valence-electron chi connectivity index (χ2n) is 5.43. The molecule has 1 N–H and O–H groups in total. The van der Waals surface area contributed by atoms with Crippen LogP contribution in [-0.4, -0.2) is 25.7 Å². The molecule has 0 aliphatic heterocycles. The number of hydrogen-bond donors (Lipinski definition) is 1. The number of hydrogen-bond acceptors (Lipinski definition) is 5. The van der Waals surface area contributed by atoms with Crippen LogP contribution in [-0.2, 0) is 7.05 Å². The number of amides is 1. The summed E-state index contributed by atoms with van der Waals surface area (Å²) in [6, 6.07) is 7.17. The standard InChI is InChI=1S/C16H12ClN5OS/c1-8-14-10(7-22(2)21-14)6-13(18-8)20-15(23)11-5-9-3-4-12(17)19-16(9)24-11/h3-7H,1-2H3,(H,20,23). The fraction of sp³-hybridized carbons (Fsp3) is 0.125. The first-order chi connectivity index (χ1) is 11.5. The van der Waals surface area contributed by atoms with Gasteiger partial charge in [-0.25, -0.2) is 9.97 Å². The monoisotopic (exact) mass is 357 g/mol. The Morgan fingerprint density at radius 2 is 2.08 bits per heavy atom. The van der Waals surface area contributed by atoms with Gasteiger partial charge in [0.2, 0.25) is 0 Å². The number of thiophene rings is 1. The summed E-state index contributed by atoms with van der Waals surface area (Å²) in [6.45, 7) is 1.87. The topological polar surface area (TPSA) is 72.7 Å². The van der Waals surface area contributed by atoms with Crippen molar-refractivity contribution in [3.05, 3.63) is 46.2 Å². The van der Waals surface area contributed by atoms with Crippen LogP contribution in [0.5, 0.6) is 0 Å². The molecule has 0 bridgehead atoms. The van der Waals surface area contributed by atoms with Gasteiger partial charge in [-0.1, -0.05) is 11.6 Å². The summed E-state index contributed by atoms with van der Waals surface area (Å²) in [5.74, 6) is 0.283. The maximum absolute atomic E-state index is 12.5. The molecule has 0 saturated carbocycles. The van der Waals surface area contributed by atoms with Crippen LogP contribution in [0, 0.1) is 6.92 Å². The average molecular weight is 358 g/mol. The highest BCUT2D eigenvalue weighted by atomic mass is 35.5. The van der Waals surface area contributed by atoms with E-state index in [0.717, 1.165) is 26.8 Å². The van der Waals surface area contributed by atoms with E-state index in [4.69, 9.17) is 11.6 Å². The number of carbonyl (C=O) groups excluding carboxylic acids is 1. The van der Waals surface area contributed by atoms with Gasteiger partial charge in [-0.3, -0.25) is 9.48 Å². The van der Waals surface area contributed by atoms with Crippen molar-refractivity contribution < 1.29 is 4.79 Å². The van der Waals surface area contributed by atoms with Crippen LogP contribution < -0.4 is 5.32 Å². The Morgan fingerprint density at radius 1 is 1.25 bits per heavy atom. The number of aryl methyl sites for hydroxylation is 2. The van der Waals surface area contributed by atoms with E-state index in [0.29, 0.717) is 15.8 Å². The first-order valence-corrected chi connectivity index (χ1v) is 8.37. The molecule has 0 saturated heterocycles. The van der Waals surface area contributed by atoms with Crippen LogP contribution in [0.2, 0.25) is 5.15 Å². The molecule has 4 heterocycles. The number of halogens is 1. The van der Waals surface area contributed by atoms with E-state index in [1.807, 2.05) is 32.3 Å². The van der Waals surface area contributed by atoms with Gasteiger partial charge in [0.1, 0.15) is 21.3 Å². The molecule has 120 valence electrons. The van der Waals surface area contributed by atoms with Gasteiger partial charge in [0, 0.05) is 24.0 Å². The Bertz CT molecular complexity index is 1100. The number of aromatic nitrogens is 4. The summed E-state index contributed by atoms with van der Waals surface area (Å²) >= 11 is 7.19. The van der Waals surface area contributed by atoms with Crippen LogP contribution >= 0.6 is 22.9 Å². The van der Waals surface area contributed by atoms with Gasteiger partial charge in [0.15, 0.2) is 0 Å². The highest BCUT2D eigenvalue weighted by Crippen LogP contribution is 2.26. The third-order valence-electron chi connectivity index (χ3n) is 3.59. The van der Waals surface area contributed by atoms with Crippen LogP contribution in [0.4, 0.5) is 5.82 Å². The van der Waals surface area contributed by atoms with Crippen molar-refractivity contribution >= 4 is 55.8 Å². The third-order valence-corrected chi connectivity index (χ3v) is 4.85. The molecule has 4 aromatic heterocycles. The van der Waals surface area contributed by atoms with Crippen molar-refractivity contribution in [1.29, 1.82) is 0 Å². The number of nitrogens with one attached hydrogen (secondary N) is 1. The summed E-state index contributed by atoms with van der Waals surface area (Å²) in [5, 5.41) is 9.43. The molecular formula is C16H12ClN5OS. The Labute approximate surface area is 146 Å². The van der Waals surface area contributed by atoms with E-state index in [1.165, 1.54) is 11.3 Å². The van der Waals surface area contributed by atoms with Crippen LogP contribution in [0.1, 0.15) is 15.4 Å². The maximum Gasteiger partial charge on any atom is 0.266 e. The van der Waals surface area contributed by atoms with E-state index in [-0.39, 0.29) is 5.91 Å². The zero-order valence-corrected chi connectivity index (χ0v) is 14.4. The largest absolute Gasteiger partial charge is 0.306 e. The first kappa shape index (κ1) is 15.0. The van der Waals surface area contributed by atoms with Gasteiger partial charge in [0.25, 0.3) is 5.91 Å². The van der Waals surface area contributed by atoms with Crippen LogP contribution in [0.15, 0.2) is 30.5 Å². The van der Waals surface area contributed by atoms with Crippen molar-refractivity contribution in [3.8, 4) is 0 Å². The zero-order valence-electron chi connectivity index (χ0n) is 12.9. The molecule has 1 amide bonds. The summed E-state index contributed by atoms with van der Waals surface area (Å²) in [4.78, 5) is 22.4. The number of anilines is 1. The lowest BCUT2D eigenvalue weighted by Crippen LogP contribution is -2.11. The summed E-state index contributed by atoms with van der Waals surface area (Å²) in [7, 11) is 1.85. The molecule has 4 rings (SSSR count). The normalized spacial score (nSPS) is 11.3. The Hall–Kier alpha value is -2.51. The number of nitrogens with zero attached hydrogens (tertiary/aromatic N) is 4. The molecule has 0 atom stereocenters. The molecule has 0 spiro atoms. The number of fused-ring (bicyclic) bond motifs is 2. The molecular weight excluding hydrogens is 346 g/mol. The molecule has 0 fully saturated rings. The first-order valence-electron chi connectivity index (χ1n) is 7.18. The Balaban J connectivity index is 1.67. The van der Waals surface area contributed by atoms with Crippen LogP contribution in [0.25, 0.3) is 21.1 Å². The smallest absolute Gasteiger partial charge is 0.266 e. The predicted molar refractivity (Wildman–Crippen MR) is 95.8 cm³/mol. The lowest BCUT2D eigenvalue weighted by Gasteiger charge is -2.04. The van der Waals surface area contributed by atoms with E-state index < -0.39 is 0 Å². The molecule has 4 aromatic rings. The van der Waals surface area contributed by atoms with E-state index in [1.54, 1.807) is 16.8 Å². The van der Waals surface area contributed by atoms with Gasteiger partial charge in [-0.15, -0.1) is 11.3 Å². The molecule has 0 aliphatic carbocycles. The van der Waals surface area contributed by atoms with Crippen molar-refractivity contribution in [3.63, 3.8) is 0 Å². The van der Waals surface area contributed by atoms with Crippen molar-refractivity contribution in [1.82, 2.24) is 19.7 Å². The Kier molecular flexibility index (Phi) is 3.47. The minimum atomic E-state index is -0.218. The van der Waals surface area contributed by atoms with Crippen molar-refractivity contribution in [2.24, 2.45) is 7.05 Å². The minimum absolute atomic E-state index is 0.218. The molecule has 0 aromatic carbocycles. The molecule has 8 heteroatoms. The number of carbonyl (C=O) groups is 1. The quantitative estimate of drug-likeness (QED) is 0.554. The van der Waals surface area contributed by atoms with Gasteiger partial charge in [-0.05, 0) is 31.2 Å². The van der Waals surface area contributed by atoms with Gasteiger partial charge in [0.05, 0.1) is 10.6 Å². The average Bonchev–Trinajstić information content (AvgIpc) is 3.09. The molecule has 6 nitrogen and oxygen atoms in total. The van der Waals surface area contributed by atoms with Crippen molar-refractivity contribution in [2.45, 2.75) is 6.92 Å². The fourth-order valence-corrected chi connectivity index (χ4v) is 3.68. The molecule has 0 unspecified atom stereocenters. The van der Waals surface area contributed by atoms with E-state index in [2.05, 4.69) is 20.4 Å². The highest BCUT2D eigenvalue weighted by Gasteiger charge is 2.14. The molecule has 0 radical (unpaired) electrons. The molecule has 0 aliphatic rings. The fourth-order valence-electron chi connectivity index (χ4n) is 2.56. The SMILES string of the molecule is Cc1nc(NC(=O)c2cc3ccc(Cl)nc3s2)cc2cn(C)nc12. The highest BCUT2D eigenvalue weighted by molar-refractivity contribution is 7.20. The van der Waals surface area contributed by atoms with Gasteiger partial charge >= 0.3 is 0 Å². The second-order valence-corrected chi connectivity index (χ2v) is 6.84. The van der Waals surface area contributed by atoms with Crippen LogP contribution in [0.3, 0.4) is 0 Å².